The van der Waals surface area contributed by atoms with Crippen molar-refractivity contribution >= 4 is 23.2 Å². The highest BCUT2D eigenvalue weighted by Gasteiger charge is 2.38. The van der Waals surface area contributed by atoms with Gasteiger partial charge in [0.25, 0.3) is 11.8 Å². The number of nitrogens with zero attached hydrogens (tertiary/aromatic N) is 5. The molecule has 2 aromatic rings. The van der Waals surface area contributed by atoms with E-state index in [2.05, 4.69) is 20.3 Å². The van der Waals surface area contributed by atoms with Crippen LogP contribution in [0.25, 0.3) is 0 Å². The number of rotatable bonds is 3. The van der Waals surface area contributed by atoms with E-state index < -0.39 is 23.7 Å². The molecule has 0 aliphatic carbocycles. The largest absolute Gasteiger partial charge is 0.282 e. The highest BCUT2D eigenvalue weighted by molar-refractivity contribution is 6.18. The molecule has 24 heavy (non-hydrogen) atoms. The van der Waals surface area contributed by atoms with Crippen LogP contribution in [0.15, 0.2) is 64.1 Å². The Kier molecular flexibility index (Phi) is 4.19. The summed E-state index contributed by atoms with van der Waals surface area (Å²) in [5.74, 6) is -1.53. The van der Waals surface area contributed by atoms with Gasteiger partial charge in [-0.15, -0.1) is 0 Å². The molecular formula is C16H12FN5O2. The highest BCUT2D eigenvalue weighted by atomic mass is 19.1. The van der Waals surface area contributed by atoms with Gasteiger partial charge in [-0.3, -0.25) is 14.6 Å². The zero-order valence-corrected chi connectivity index (χ0v) is 12.6. The van der Waals surface area contributed by atoms with E-state index in [-0.39, 0.29) is 0 Å². The molecule has 0 radical (unpaired) electrons. The topological polar surface area (TPSA) is 87.4 Å². The molecule has 0 N–H and O–H groups in total. The van der Waals surface area contributed by atoms with Crippen LogP contribution in [0.3, 0.4) is 0 Å². The monoisotopic (exact) mass is 325 g/mol. The van der Waals surface area contributed by atoms with E-state index in [4.69, 9.17) is 0 Å². The molecule has 120 valence electrons. The Morgan fingerprint density at radius 2 is 1.83 bits per heavy atom. The maximum absolute atomic E-state index is 12.9. The molecule has 1 aromatic heterocycles. The van der Waals surface area contributed by atoms with Gasteiger partial charge in [-0.1, -0.05) is 0 Å². The summed E-state index contributed by atoms with van der Waals surface area (Å²) in [6.07, 6.45) is 2.91. The summed E-state index contributed by atoms with van der Waals surface area (Å²) in [7, 11) is 0. The Morgan fingerprint density at radius 3 is 2.50 bits per heavy atom. The third-order valence-corrected chi connectivity index (χ3v) is 3.33. The minimum absolute atomic E-state index is 0.297. The SMILES string of the molecule is CC1=NN(C(=O)c2ccncc2)C(=O)C1N=Nc1ccc(F)cc1. The molecule has 1 unspecified atom stereocenters. The van der Waals surface area contributed by atoms with Gasteiger partial charge in [0.15, 0.2) is 6.04 Å². The molecule has 0 fully saturated rings. The summed E-state index contributed by atoms with van der Waals surface area (Å²) >= 11 is 0. The number of benzene rings is 1. The summed E-state index contributed by atoms with van der Waals surface area (Å²) in [6.45, 7) is 1.59. The van der Waals surface area contributed by atoms with Crippen LogP contribution in [0, 0.1) is 5.82 Å². The van der Waals surface area contributed by atoms with E-state index in [1.165, 1.54) is 48.8 Å². The van der Waals surface area contributed by atoms with Crippen molar-refractivity contribution < 1.29 is 14.0 Å². The molecule has 3 rings (SSSR count). The summed E-state index contributed by atoms with van der Waals surface area (Å²) in [5, 5.41) is 12.6. The molecule has 0 bridgehead atoms. The molecule has 8 heteroatoms. The van der Waals surface area contributed by atoms with Crippen molar-refractivity contribution in [3.63, 3.8) is 0 Å². The molecule has 2 heterocycles. The number of imide groups is 1. The molecule has 1 atom stereocenters. The van der Waals surface area contributed by atoms with E-state index in [1.807, 2.05) is 0 Å². The van der Waals surface area contributed by atoms with Gasteiger partial charge in [0.2, 0.25) is 0 Å². The maximum atomic E-state index is 12.9. The number of amides is 2. The Morgan fingerprint density at radius 1 is 1.17 bits per heavy atom. The minimum atomic E-state index is -0.971. The molecule has 1 aliphatic rings. The first-order valence-electron chi connectivity index (χ1n) is 7.06. The number of halogens is 1. The summed E-state index contributed by atoms with van der Waals surface area (Å²) in [5.41, 5.74) is 1.05. The fourth-order valence-electron chi connectivity index (χ4n) is 2.08. The smallest absolute Gasteiger partial charge is 0.269 e. The molecule has 1 aliphatic heterocycles. The lowest BCUT2D eigenvalue weighted by Crippen LogP contribution is -2.34. The standard InChI is InChI=1S/C16H12FN5O2/c1-10-14(20-19-13-4-2-12(17)3-5-13)16(24)22(21-10)15(23)11-6-8-18-9-7-11/h2-9,14H,1H3. The average Bonchev–Trinajstić information content (AvgIpc) is 2.89. The number of azo groups is 1. The summed E-state index contributed by atoms with van der Waals surface area (Å²) in [6, 6.07) is 7.37. The van der Waals surface area contributed by atoms with Crippen LogP contribution in [-0.2, 0) is 4.79 Å². The maximum Gasteiger partial charge on any atom is 0.282 e. The molecule has 7 nitrogen and oxygen atoms in total. The third kappa shape index (κ3) is 3.07. The molecular weight excluding hydrogens is 313 g/mol. The second-order valence-electron chi connectivity index (χ2n) is 5.03. The van der Waals surface area contributed by atoms with Crippen molar-refractivity contribution in [1.29, 1.82) is 0 Å². The van der Waals surface area contributed by atoms with E-state index >= 15 is 0 Å². The van der Waals surface area contributed by atoms with Gasteiger partial charge in [0, 0.05) is 18.0 Å². The second-order valence-corrected chi connectivity index (χ2v) is 5.03. The fraction of sp³-hybridized carbons (Fsp3) is 0.125. The Labute approximate surface area is 136 Å². The Bertz CT molecular complexity index is 833. The van der Waals surface area contributed by atoms with Crippen LogP contribution >= 0.6 is 0 Å². The normalized spacial score (nSPS) is 17.4. The van der Waals surface area contributed by atoms with Crippen LogP contribution in [-0.4, -0.2) is 33.6 Å². The number of aromatic nitrogens is 1. The third-order valence-electron chi connectivity index (χ3n) is 3.33. The number of carbonyl (C=O) groups is 2. The predicted octanol–water partition coefficient (Wildman–Crippen LogP) is 2.73. The first-order chi connectivity index (χ1) is 11.6. The van der Waals surface area contributed by atoms with Crippen LogP contribution in [0.4, 0.5) is 10.1 Å². The van der Waals surface area contributed by atoms with Gasteiger partial charge in [0.05, 0.1) is 11.4 Å². The van der Waals surface area contributed by atoms with Crippen molar-refractivity contribution in [3.05, 3.63) is 60.2 Å². The van der Waals surface area contributed by atoms with Crippen molar-refractivity contribution in [2.75, 3.05) is 0 Å². The first kappa shape index (κ1) is 15.6. The van der Waals surface area contributed by atoms with Gasteiger partial charge < -0.3 is 0 Å². The van der Waals surface area contributed by atoms with Gasteiger partial charge >= 0.3 is 0 Å². The number of hydrazone groups is 1. The predicted molar refractivity (Wildman–Crippen MR) is 83.2 cm³/mol. The summed E-state index contributed by atoms with van der Waals surface area (Å²) < 4.78 is 12.9. The van der Waals surface area contributed by atoms with Crippen molar-refractivity contribution in [2.24, 2.45) is 15.3 Å². The lowest BCUT2D eigenvalue weighted by molar-refractivity contribution is -0.127. The van der Waals surface area contributed by atoms with E-state index in [0.29, 0.717) is 17.0 Å². The van der Waals surface area contributed by atoms with Gasteiger partial charge in [0.1, 0.15) is 5.82 Å². The number of carbonyl (C=O) groups excluding carboxylic acids is 2. The van der Waals surface area contributed by atoms with E-state index in [1.54, 1.807) is 6.92 Å². The van der Waals surface area contributed by atoms with Crippen molar-refractivity contribution in [2.45, 2.75) is 13.0 Å². The van der Waals surface area contributed by atoms with E-state index in [9.17, 15) is 14.0 Å². The van der Waals surface area contributed by atoms with Gasteiger partial charge in [-0.25, -0.2) is 4.39 Å². The fourth-order valence-corrected chi connectivity index (χ4v) is 2.08. The van der Waals surface area contributed by atoms with Crippen LogP contribution in [0.1, 0.15) is 17.3 Å². The molecule has 2 amide bonds. The number of hydrogen-bond acceptors (Lipinski definition) is 6. The number of pyridine rings is 1. The van der Waals surface area contributed by atoms with Crippen molar-refractivity contribution in [3.8, 4) is 0 Å². The van der Waals surface area contributed by atoms with Crippen LogP contribution in [0.2, 0.25) is 0 Å². The molecule has 0 saturated heterocycles. The zero-order chi connectivity index (χ0) is 17.1. The Hall–Kier alpha value is -3.29. The number of hydrogen-bond donors (Lipinski definition) is 0. The minimum Gasteiger partial charge on any atom is -0.269 e. The second kappa shape index (κ2) is 6.45. The molecule has 0 saturated carbocycles. The van der Waals surface area contributed by atoms with Crippen molar-refractivity contribution in [1.82, 2.24) is 9.99 Å². The lowest BCUT2D eigenvalue weighted by atomic mass is 10.2. The van der Waals surface area contributed by atoms with Gasteiger partial charge in [-0.05, 0) is 43.3 Å². The quantitative estimate of drug-likeness (QED) is 0.642. The van der Waals surface area contributed by atoms with Crippen LogP contribution in [0.5, 0.6) is 0 Å². The Balaban J connectivity index is 1.78. The van der Waals surface area contributed by atoms with E-state index in [0.717, 1.165) is 5.01 Å². The first-order valence-corrected chi connectivity index (χ1v) is 7.06. The average molecular weight is 325 g/mol. The molecule has 1 aromatic carbocycles. The molecule has 0 spiro atoms. The van der Waals surface area contributed by atoms with Crippen LogP contribution < -0.4 is 0 Å². The highest BCUT2D eigenvalue weighted by Crippen LogP contribution is 2.19. The summed E-state index contributed by atoms with van der Waals surface area (Å²) in [4.78, 5) is 28.5. The lowest BCUT2D eigenvalue weighted by Gasteiger charge is -2.10. The zero-order valence-electron chi connectivity index (χ0n) is 12.6. The van der Waals surface area contributed by atoms with Gasteiger partial charge in [-0.2, -0.15) is 20.3 Å².